The predicted octanol–water partition coefficient (Wildman–Crippen LogP) is 4.04. The Morgan fingerprint density at radius 3 is 2.41 bits per heavy atom. The maximum absolute atomic E-state index is 14.0. The second-order valence-electron chi connectivity index (χ2n) is 7.40. The third kappa shape index (κ3) is 5.56. The molecule has 0 aliphatic carbocycles. The van der Waals surface area contributed by atoms with Gasteiger partial charge in [0.1, 0.15) is 17.6 Å². The predicted molar refractivity (Wildman–Crippen MR) is 120 cm³/mol. The van der Waals surface area contributed by atoms with Crippen LogP contribution in [0.5, 0.6) is 17.2 Å². The van der Waals surface area contributed by atoms with Crippen molar-refractivity contribution in [3.63, 3.8) is 0 Å². The van der Waals surface area contributed by atoms with Crippen LogP contribution in [0.2, 0.25) is 0 Å². The highest BCUT2D eigenvalue weighted by atomic mass is 19.1. The number of primary amides is 1. The van der Waals surface area contributed by atoms with Gasteiger partial charge in [-0.15, -0.1) is 0 Å². The largest absolute Gasteiger partial charge is 0.508 e. The summed E-state index contributed by atoms with van der Waals surface area (Å²) in [5, 5.41) is 13.6. The third-order valence-corrected chi connectivity index (χ3v) is 5.32. The summed E-state index contributed by atoms with van der Waals surface area (Å²) >= 11 is 0. The zero-order chi connectivity index (χ0) is 23.1. The van der Waals surface area contributed by atoms with Crippen molar-refractivity contribution < 1.29 is 23.8 Å². The first-order chi connectivity index (χ1) is 15.4. The number of amides is 1. The Morgan fingerprint density at radius 1 is 1.03 bits per heavy atom. The molecule has 6 nitrogen and oxygen atoms in total. The molecule has 1 unspecified atom stereocenters. The number of aryl methyl sites for hydroxylation is 1. The molecule has 0 radical (unpaired) electrons. The lowest BCUT2D eigenvalue weighted by Gasteiger charge is -2.25. The highest BCUT2D eigenvalue weighted by Crippen LogP contribution is 2.33. The summed E-state index contributed by atoms with van der Waals surface area (Å²) in [6, 6.07) is 17.0. The van der Waals surface area contributed by atoms with E-state index in [2.05, 4.69) is 5.32 Å². The van der Waals surface area contributed by atoms with E-state index in [-0.39, 0.29) is 5.75 Å². The number of hydrogen-bond acceptors (Lipinski definition) is 5. The zero-order valence-electron chi connectivity index (χ0n) is 18.0. The number of halogens is 1. The summed E-state index contributed by atoms with van der Waals surface area (Å²) in [5.74, 6) is 0.107. The van der Waals surface area contributed by atoms with E-state index in [1.165, 1.54) is 18.2 Å². The van der Waals surface area contributed by atoms with Crippen LogP contribution in [0.4, 0.5) is 4.39 Å². The first kappa shape index (κ1) is 23.1. The summed E-state index contributed by atoms with van der Waals surface area (Å²) in [6.45, 7) is 0. The Kier molecular flexibility index (Phi) is 7.68. The Hall–Kier alpha value is -3.58. The van der Waals surface area contributed by atoms with Crippen molar-refractivity contribution in [2.45, 2.75) is 24.9 Å². The molecule has 4 N–H and O–H groups in total. The van der Waals surface area contributed by atoms with Gasteiger partial charge in [-0.1, -0.05) is 36.4 Å². The van der Waals surface area contributed by atoms with Crippen molar-refractivity contribution in [2.24, 2.45) is 5.73 Å². The maximum atomic E-state index is 14.0. The van der Waals surface area contributed by atoms with Crippen LogP contribution in [0.3, 0.4) is 0 Å². The molecule has 0 aliphatic heterocycles. The normalized spacial score (nSPS) is 12.7. The molecule has 0 aliphatic rings. The molecule has 1 amide bonds. The van der Waals surface area contributed by atoms with Crippen molar-refractivity contribution in [2.75, 3.05) is 14.2 Å². The smallest absolute Gasteiger partial charge is 0.239 e. The molecule has 32 heavy (non-hydrogen) atoms. The molecule has 168 valence electrons. The summed E-state index contributed by atoms with van der Waals surface area (Å²) in [7, 11) is 3.13. The summed E-state index contributed by atoms with van der Waals surface area (Å²) in [5.41, 5.74) is 7.67. The van der Waals surface area contributed by atoms with Crippen LogP contribution in [-0.4, -0.2) is 25.2 Å². The van der Waals surface area contributed by atoms with Crippen molar-refractivity contribution in [3.05, 3.63) is 89.2 Å². The molecule has 3 rings (SSSR count). The number of rotatable bonds is 10. The van der Waals surface area contributed by atoms with Gasteiger partial charge < -0.3 is 20.3 Å². The second-order valence-corrected chi connectivity index (χ2v) is 7.40. The van der Waals surface area contributed by atoms with E-state index in [1.54, 1.807) is 26.4 Å². The number of aromatic hydroxyl groups is 1. The molecular formula is C25H27FN2O4. The van der Waals surface area contributed by atoms with Crippen LogP contribution in [0.1, 0.15) is 35.2 Å². The third-order valence-electron chi connectivity index (χ3n) is 5.32. The van der Waals surface area contributed by atoms with Crippen LogP contribution in [-0.2, 0) is 11.2 Å². The fourth-order valence-electron chi connectivity index (χ4n) is 3.67. The topological polar surface area (TPSA) is 93.8 Å². The minimum absolute atomic E-state index is 0.0625. The fraction of sp³-hybridized carbons (Fsp3) is 0.240. The minimum Gasteiger partial charge on any atom is -0.508 e. The van der Waals surface area contributed by atoms with Gasteiger partial charge in [-0.3, -0.25) is 10.1 Å². The van der Waals surface area contributed by atoms with E-state index < -0.39 is 23.8 Å². The van der Waals surface area contributed by atoms with Gasteiger partial charge in [0.15, 0.2) is 11.5 Å². The van der Waals surface area contributed by atoms with E-state index in [1.807, 2.05) is 36.4 Å². The van der Waals surface area contributed by atoms with Gasteiger partial charge in [0.05, 0.1) is 14.2 Å². The lowest BCUT2D eigenvalue weighted by atomic mass is 9.95. The Morgan fingerprint density at radius 2 is 1.75 bits per heavy atom. The van der Waals surface area contributed by atoms with Crippen molar-refractivity contribution >= 4 is 5.91 Å². The van der Waals surface area contributed by atoms with E-state index in [0.29, 0.717) is 35.5 Å². The average molecular weight is 438 g/mol. The minimum atomic E-state index is -0.811. The molecule has 0 spiro atoms. The Labute approximate surface area is 186 Å². The second kappa shape index (κ2) is 10.6. The van der Waals surface area contributed by atoms with Gasteiger partial charge >= 0.3 is 0 Å². The number of nitrogens with one attached hydrogen (secondary N) is 1. The van der Waals surface area contributed by atoms with E-state index in [9.17, 15) is 14.3 Å². The number of phenols is 1. The van der Waals surface area contributed by atoms with Gasteiger partial charge in [0.25, 0.3) is 0 Å². The molecule has 3 aromatic carbocycles. The lowest BCUT2D eigenvalue weighted by molar-refractivity contribution is -0.120. The molecule has 2 atom stereocenters. The van der Waals surface area contributed by atoms with E-state index in [0.717, 1.165) is 5.56 Å². The Balaban J connectivity index is 1.91. The van der Waals surface area contributed by atoms with Gasteiger partial charge in [0, 0.05) is 11.6 Å². The summed E-state index contributed by atoms with van der Waals surface area (Å²) in [4.78, 5) is 12.2. The van der Waals surface area contributed by atoms with Gasteiger partial charge in [0.2, 0.25) is 5.91 Å². The SMILES string of the molecule is COc1ccc(CCC(N[C@@H](C(N)=O)c2ccccc2)c2cc(F)ccc2O)cc1OC. The summed E-state index contributed by atoms with van der Waals surface area (Å²) in [6.07, 6.45) is 1.03. The monoisotopic (exact) mass is 438 g/mol. The summed E-state index contributed by atoms with van der Waals surface area (Å²) < 4.78 is 24.7. The molecular weight excluding hydrogens is 411 g/mol. The number of benzene rings is 3. The number of carbonyl (C=O) groups excluding carboxylic acids is 1. The number of ether oxygens (including phenoxy) is 2. The number of carbonyl (C=O) groups is 1. The molecule has 0 bridgehead atoms. The number of hydrogen-bond donors (Lipinski definition) is 3. The van der Waals surface area contributed by atoms with Crippen molar-refractivity contribution in [1.82, 2.24) is 5.32 Å². The highest BCUT2D eigenvalue weighted by molar-refractivity contribution is 5.81. The zero-order valence-corrected chi connectivity index (χ0v) is 18.0. The van der Waals surface area contributed by atoms with Crippen LogP contribution in [0, 0.1) is 5.82 Å². The van der Waals surface area contributed by atoms with Gasteiger partial charge in [-0.2, -0.15) is 0 Å². The lowest BCUT2D eigenvalue weighted by Crippen LogP contribution is -2.36. The van der Waals surface area contributed by atoms with E-state index in [4.69, 9.17) is 15.2 Å². The van der Waals surface area contributed by atoms with Crippen LogP contribution in [0.25, 0.3) is 0 Å². The maximum Gasteiger partial charge on any atom is 0.239 e. The van der Waals surface area contributed by atoms with Crippen LogP contribution in [0.15, 0.2) is 66.7 Å². The Bertz CT molecular complexity index is 1060. The molecule has 0 saturated heterocycles. The number of methoxy groups -OCH3 is 2. The number of nitrogens with two attached hydrogens (primary N) is 1. The fourth-order valence-corrected chi connectivity index (χ4v) is 3.67. The molecule has 0 heterocycles. The van der Waals surface area contributed by atoms with Gasteiger partial charge in [-0.05, 0) is 54.3 Å². The molecule has 0 fully saturated rings. The number of phenolic OH excluding ortho intramolecular Hbond substituents is 1. The van der Waals surface area contributed by atoms with Crippen LogP contribution >= 0.6 is 0 Å². The molecule has 3 aromatic rings. The average Bonchev–Trinajstić information content (AvgIpc) is 2.81. The van der Waals surface area contributed by atoms with E-state index >= 15 is 0 Å². The van der Waals surface area contributed by atoms with Gasteiger partial charge in [-0.25, -0.2) is 4.39 Å². The highest BCUT2D eigenvalue weighted by Gasteiger charge is 2.25. The van der Waals surface area contributed by atoms with Crippen LogP contribution < -0.4 is 20.5 Å². The first-order valence-corrected chi connectivity index (χ1v) is 10.2. The quantitative estimate of drug-likeness (QED) is 0.444. The first-order valence-electron chi connectivity index (χ1n) is 10.2. The molecule has 0 aromatic heterocycles. The van der Waals surface area contributed by atoms with Crippen molar-refractivity contribution in [3.8, 4) is 17.2 Å². The standard InChI is InChI=1S/C25H27FN2O4/c1-31-22-13-9-16(14-23(22)32-2)8-11-20(19-15-18(26)10-12-21(19)29)28-24(25(27)30)17-6-4-3-5-7-17/h3-7,9-10,12-15,20,24,28-29H,8,11H2,1-2H3,(H2,27,30)/t20?,24-/m1/s1. The molecule has 7 heteroatoms. The molecule has 0 saturated carbocycles. The van der Waals surface area contributed by atoms with Crippen molar-refractivity contribution in [1.29, 1.82) is 0 Å².